The Kier molecular flexibility index (Phi) is 6.58. The van der Waals surface area contributed by atoms with Gasteiger partial charge < -0.3 is 21.7 Å². The minimum atomic E-state index is -4.54. The summed E-state index contributed by atoms with van der Waals surface area (Å²) in [5.41, 5.74) is 6.08. The molecular weight excluding hydrogens is 449 g/mol. The monoisotopic (exact) mass is 466 g/mol. The third-order valence-electron chi connectivity index (χ3n) is 4.43. The van der Waals surface area contributed by atoms with E-state index in [9.17, 15) is 22.8 Å². The average Bonchev–Trinajstić information content (AvgIpc) is 3.17. The second-order valence-corrected chi connectivity index (χ2v) is 7.18. The van der Waals surface area contributed by atoms with Crippen LogP contribution in [0.5, 0.6) is 0 Å². The largest absolute Gasteiger partial charge is 0.416 e. The van der Waals surface area contributed by atoms with Gasteiger partial charge >= 0.3 is 12.2 Å². The topological polar surface area (TPSA) is 125 Å². The van der Waals surface area contributed by atoms with E-state index in [-0.39, 0.29) is 22.4 Å². The number of anilines is 3. The molecule has 0 radical (unpaired) electrons. The van der Waals surface area contributed by atoms with Crippen molar-refractivity contribution in [2.75, 3.05) is 16.0 Å². The predicted octanol–water partition coefficient (Wildman–Crippen LogP) is 5.00. The highest BCUT2D eigenvalue weighted by Crippen LogP contribution is 2.33. The number of halogens is 4. The first-order valence-corrected chi connectivity index (χ1v) is 9.57. The van der Waals surface area contributed by atoms with Crippen molar-refractivity contribution in [3.8, 4) is 0 Å². The number of hydrogen-bond donors (Lipinski definition) is 5. The number of carbonyl (C=O) groups is 2. The summed E-state index contributed by atoms with van der Waals surface area (Å²) in [5, 5.41) is 14.2. The fourth-order valence-corrected chi connectivity index (χ4v) is 3.10. The Bertz CT molecular complexity index is 1150. The molecule has 3 amide bonds. The molecule has 6 N–H and O–H groups in total. The molecule has 0 fully saturated rings. The summed E-state index contributed by atoms with van der Waals surface area (Å²) >= 11 is 5.86. The number of benzene rings is 2. The molecule has 0 saturated heterocycles. The second kappa shape index (κ2) is 9.18. The number of nitrogens with one attached hydrogen (secondary N) is 4. The highest BCUT2D eigenvalue weighted by molar-refractivity contribution is 6.33. The predicted molar refractivity (Wildman–Crippen MR) is 115 cm³/mol. The van der Waals surface area contributed by atoms with Crippen molar-refractivity contribution in [3.05, 3.63) is 70.5 Å². The molecule has 2 aromatic carbocycles. The molecule has 0 spiro atoms. The van der Waals surface area contributed by atoms with E-state index in [1.165, 1.54) is 6.20 Å². The Morgan fingerprint density at radius 3 is 2.53 bits per heavy atom. The van der Waals surface area contributed by atoms with E-state index in [0.29, 0.717) is 11.4 Å². The molecule has 1 atom stereocenters. The molecule has 0 bridgehead atoms. The van der Waals surface area contributed by atoms with Gasteiger partial charge in [-0.15, -0.1) is 0 Å². The van der Waals surface area contributed by atoms with Gasteiger partial charge in [-0.1, -0.05) is 23.7 Å². The number of rotatable bonds is 6. The minimum Gasteiger partial charge on any atom is -0.375 e. The van der Waals surface area contributed by atoms with Gasteiger partial charge in [-0.05, 0) is 42.8 Å². The van der Waals surface area contributed by atoms with Crippen molar-refractivity contribution in [1.29, 1.82) is 0 Å². The van der Waals surface area contributed by atoms with Gasteiger partial charge in [0.15, 0.2) is 5.69 Å². The van der Waals surface area contributed by atoms with Gasteiger partial charge in [-0.25, -0.2) is 4.79 Å². The van der Waals surface area contributed by atoms with Crippen LogP contribution in [0.15, 0.2) is 48.7 Å². The Morgan fingerprint density at radius 2 is 1.88 bits per heavy atom. The summed E-state index contributed by atoms with van der Waals surface area (Å²) in [4.78, 5) is 23.7. The smallest absolute Gasteiger partial charge is 0.375 e. The summed E-state index contributed by atoms with van der Waals surface area (Å²) in [6.07, 6.45) is -3.04. The second-order valence-electron chi connectivity index (χ2n) is 6.77. The molecule has 32 heavy (non-hydrogen) atoms. The summed E-state index contributed by atoms with van der Waals surface area (Å²) in [5.74, 6) is -0.685. The van der Waals surface area contributed by atoms with Crippen LogP contribution in [0.3, 0.4) is 0 Å². The van der Waals surface area contributed by atoms with Gasteiger partial charge in [0.05, 0.1) is 22.0 Å². The van der Waals surface area contributed by atoms with Crippen molar-refractivity contribution in [1.82, 2.24) is 10.2 Å². The van der Waals surface area contributed by atoms with Crippen LogP contribution in [0.1, 0.15) is 34.6 Å². The molecule has 0 aliphatic heterocycles. The minimum absolute atomic E-state index is 0.0299. The highest BCUT2D eigenvalue weighted by Gasteiger charge is 2.31. The lowest BCUT2D eigenvalue weighted by atomic mass is 10.1. The summed E-state index contributed by atoms with van der Waals surface area (Å²) < 4.78 is 38.2. The fourth-order valence-electron chi connectivity index (χ4n) is 2.87. The van der Waals surface area contributed by atoms with Crippen LogP contribution >= 0.6 is 11.6 Å². The maximum atomic E-state index is 12.7. The Balaban J connectivity index is 1.67. The molecule has 1 heterocycles. The van der Waals surface area contributed by atoms with Crippen LogP contribution in [-0.2, 0) is 6.18 Å². The van der Waals surface area contributed by atoms with Crippen LogP contribution < -0.4 is 21.7 Å². The summed E-state index contributed by atoms with van der Waals surface area (Å²) in [7, 11) is 0. The third kappa shape index (κ3) is 5.49. The Morgan fingerprint density at radius 1 is 1.12 bits per heavy atom. The van der Waals surface area contributed by atoms with Crippen molar-refractivity contribution in [2.24, 2.45) is 5.73 Å². The van der Waals surface area contributed by atoms with Crippen molar-refractivity contribution < 1.29 is 22.8 Å². The molecule has 1 unspecified atom stereocenters. The number of aromatic nitrogens is 2. The van der Waals surface area contributed by atoms with Crippen LogP contribution in [0.25, 0.3) is 0 Å². The molecular formula is C20H18ClF3N6O2. The number of urea groups is 1. The van der Waals surface area contributed by atoms with E-state index in [0.717, 1.165) is 23.8 Å². The maximum absolute atomic E-state index is 12.7. The van der Waals surface area contributed by atoms with Crippen LogP contribution in [0.4, 0.5) is 35.0 Å². The lowest BCUT2D eigenvalue weighted by Gasteiger charge is -2.16. The SMILES string of the molecule is CC(Nc1c[nH]nc1C(N)=O)c1cccc(NC(=O)Nc2ccc(C(F)(F)F)cc2Cl)c1. The van der Waals surface area contributed by atoms with Crippen molar-refractivity contribution in [2.45, 2.75) is 19.1 Å². The third-order valence-corrected chi connectivity index (χ3v) is 4.75. The van der Waals surface area contributed by atoms with Crippen LogP contribution in [-0.4, -0.2) is 22.1 Å². The van der Waals surface area contributed by atoms with Gasteiger partial charge in [0.1, 0.15) is 0 Å². The summed E-state index contributed by atoms with van der Waals surface area (Å²) in [6, 6.07) is 8.51. The zero-order chi connectivity index (χ0) is 23.5. The van der Waals surface area contributed by atoms with Gasteiger partial charge in [-0.3, -0.25) is 9.89 Å². The summed E-state index contributed by atoms with van der Waals surface area (Å²) in [6.45, 7) is 1.83. The van der Waals surface area contributed by atoms with Gasteiger partial charge in [0, 0.05) is 17.9 Å². The molecule has 0 aliphatic carbocycles. The lowest BCUT2D eigenvalue weighted by molar-refractivity contribution is -0.137. The van der Waals surface area contributed by atoms with Crippen molar-refractivity contribution in [3.63, 3.8) is 0 Å². The average molecular weight is 467 g/mol. The first-order valence-electron chi connectivity index (χ1n) is 9.19. The molecule has 8 nitrogen and oxygen atoms in total. The molecule has 0 aliphatic rings. The van der Waals surface area contributed by atoms with Gasteiger partial charge in [0.2, 0.25) is 0 Å². The van der Waals surface area contributed by atoms with E-state index in [1.54, 1.807) is 24.3 Å². The Labute approximate surface area is 185 Å². The number of nitrogens with two attached hydrogens (primary N) is 1. The van der Waals surface area contributed by atoms with E-state index >= 15 is 0 Å². The molecule has 168 valence electrons. The van der Waals surface area contributed by atoms with Crippen LogP contribution in [0.2, 0.25) is 5.02 Å². The maximum Gasteiger partial charge on any atom is 0.416 e. The van der Waals surface area contributed by atoms with E-state index in [1.807, 2.05) is 6.92 Å². The standard InChI is InChI=1S/C20H18ClF3N6O2/c1-10(27-16-9-26-30-17(16)18(25)31)11-3-2-4-13(7-11)28-19(32)29-15-6-5-12(8-14(15)21)20(22,23)24/h2-10,27H,1H3,(H2,25,31)(H,26,30)(H2,28,29,32). The number of hydrogen-bond acceptors (Lipinski definition) is 4. The quantitative estimate of drug-likeness (QED) is 0.350. The first kappa shape index (κ1) is 22.9. The molecule has 3 aromatic rings. The number of H-pyrrole nitrogens is 1. The van der Waals surface area contributed by atoms with Crippen LogP contribution in [0, 0.1) is 0 Å². The van der Waals surface area contributed by atoms with E-state index in [2.05, 4.69) is 26.1 Å². The zero-order valence-electron chi connectivity index (χ0n) is 16.5. The van der Waals surface area contributed by atoms with Gasteiger partial charge in [0.25, 0.3) is 5.91 Å². The number of amides is 3. The molecule has 12 heteroatoms. The zero-order valence-corrected chi connectivity index (χ0v) is 17.3. The molecule has 3 rings (SSSR count). The van der Waals surface area contributed by atoms with E-state index in [4.69, 9.17) is 17.3 Å². The number of primary amides is 1. The molecule has 0 saturated carbocycles. The number of alkyl halides is 3. The number of carbonyl (C=O) groups excluding carboxylic acids is 2. The number of aromatic amines is 1. The molecule has 1 aromatic heterocycles. The lowest BCUT2D eigenvalue weighted by Crippen LogP contribution is -2.20. The fraction of sp³-hybridized carbons (Fsp3) is 0.150. The Hall–Kier alpha value is -3.73. The van der Waals surface area contributed by atoms with E-state index < -0.39 is 23.7 Å². The van der Waals surface area contributed by atoms with Crippen molar-refractivity contribution >= 4 is 40.6 Å². The van der Waals surface area contributed by atoms with Gasteiger partial charge in [-0.2, -0.15) is 18.3 Å². The highest BCUT2D eigenvalue weighted by atomic mass is 35.5. The first-order chi connectivity index (χ1) is 15.0. The normalized spacial score (nSPS) is 12.2. The number of nitrogens with zero attached hydrogens (tertiary/aromatic N) is 1.